The number of hydrogen-bond donors (Lipinski definition) is 1. The van der Waals surface area contributed by atoms with Gasteiger partial charge in [0.2, 0.25) is 0 Å². The van der Waals surface area contributed by atoms with Crippen LogP contribution in [0.5, 0.6) is 11.5 Å². The van der Waals surface area contributed by atoms with Gasteiger partial charge in [0.1, 0.15) is 6.61 Å². The molecular formula is C17H29NO3. The summed E-state index contributed by atoms with van der Waals surface area (Å²) in [7, 11) is 1.66. The van der Waals surface area contributed by atoms with E-state index in [-0.39, 0.29) is 5.41 Å². The van der Waals surface area contributed by atoms with E-state index in [0.29, 0.717) is 19.8 Å². The predicted molar refractivity (Wildman–Crippen MR) is 86.1 cm³/mol. The maximum atomic E-state index is 5.85. The Bertz CT molecular complexity index is 413. The lowest BCUT2D eigenvalue weighted by molar-refractivity contribution is 0.108. The molecule has 0 amide bonds. The smallest absolute Gasteiger partial charge is 0.165 e. The first-order valence-corrected chi connectivity index (χ1v) is 7.55. The van der Waals surface area contributed by atoms with Crippen molar-refractivity contribution in [3.05, 3.63) is 23.8 Å². The molecule has 0 radical (unpaired) electrons. The molecule has 0 spiro atoms. The van der Waals surface area contributed by atoms with Gasteiger partial charge in [-0.1, -0.05) is 32.9 Å². The van der Waals surface area contributed by atoms with Crippen molar-refractivity contribution in [2.45, 2.75) is 34.2 Å². The van der Waals surface area contributed by atoms with Crippen LogP contribution in [0.2, 0.25) is 0 Å². The van der Waals surface area contributed by atoms with Crippen LogP contribution in [0.15, 0.2) is 18.2 Å². The molecule has 1 N–H and O–H groups in total. The monoisotopic (exact) mass is 295 g/mol. The van der Waals surface area contributed by atoms with Crippen molar-refractivity contribution < 1.29 is 14.2 Å². The first-order valence-electron chi connectivity index (χ1n) is 7.55. The van der Waals surface area contributed by atoms with Gasteiger partial charge in [-0.15, -0.1) is 0 Å². The molecule has 0 aliphatic rings. The maximum absolute atomic E-state index is 5.85. The Morgan fingerprint density at radius 2 is 1.90 bits per heavy atom. The maximum Gasteiger partial charge on any atom is 0.165 e. The molecule has 0 aliphatic heterocycles. The summed E-state index contributed by atoms with van der Waals surface area (Å²) in [6.07, 6.45) is 0. The van der Waals surface area contributed by atoms with Crippen LogP contribution in [-0.2, 0) is 11.3 Å². The molecule has 4 heteroatoms. The van der Waals surface area contributed by atoms with Crippen LogP contribution in [0.1, 0.15) is 33.3 Å². The minimum atomic E-state index is 0.259. The van der Waals surface area contributed by atoms with Gasteiger partial charge in [-0.05, 0) is 18.4 Å². The second-order valence-electron chi connectivity index (χ2n) is 6.16. The number of nitrogens with one attached hydrogen (secondary N) is 1. The molecular weight excluding hydrogens is 266 g/mol. The Balaban J connectivity index is 2.68. The van der Waals surface area contributed by atoms with Crippen molar-refractivity contribution in [3.8, 4) is 11.5 Å². The molecule has 0 heterocycles. The Morgan fingerprint density at radius 1 is 1.14 bits per heavy atom. The average molecular weight is 295 g/mol. The highest BCUT2D eigenvalue weighted by Crippen LogP contribution is 2.31. The number of ether oxygens (including phenoxy) is 3. The SMILES string of the molecule is CCOCCOc1c(CNCC(C)(C)C)cccc1OC. The Hall–Kier alpha value is -1.26. The second kappa shape index (κ2) is 8.90. The third-order valence-corrected chi connectivity index (χ3v) is 2.93. The van der Waals surface area contributed by atoms with Gasteiger partial charge in [-0.25, -0.2) is 0 Å². The number of para-hydroxylation sites is 1. The molecule has 1 aromatic rings. The molecule has 0 aromatic heterocycles. The molecule has 0 saturated heterocycles. The summed E-state index contributed by atoms with van der Waals surface area (Å²) in [4.78, 5) is 0. The summed E-state index contributed by atoms with van der Waals surface area (Å²) in [6.45, 7) is 12.1. The summed E-state index contributed by atoms with van der Waals surface area (Å²) >= 11 is 0. The van der Waals surface area contributed by atoms with E-state index < -0.39 is 0 Å². The lowest BCUT2D eigenvalue weighted by Crippen LogP contribution is -2.26. The van der Waals surface area contributed by atoms with Crippen molar-refractivity contribution in [2.75, 3.05) is 33.5 Å². The van der Waals surface area contributed by atoms with E-state index in [2.05, 4.69) is 32.2 Å². The largest absolute Gasteiger partial charge is 0.493 e. The topological polar surface area (TPSA) is 39.7 Å². The fourth-order valence-electron chi connectivity index (χ4n) is 1.94. The summed E-state index contributed by atoms with van der Waals surface area (Å²) in [5.74, 6) is 1.57. The van der Waals surface area contributed by atoms with E-state index in [9.17, 15) is 0 Å². The molecule has 1 rings (SSSR count). The summed E-state index contributed by atoms with van der Waals surface area (Å²) in [5, 5.41) is 3.47. The van der Waals surface area contributed by atoms with E-state index in [4.69, 9.17) is 14.2 Å². The van der Waals surface area contributed by atoms with E-state index in [1.807, 2.05) is 19.1 Å². The van der Waals surface area contributed by atoms with Crippen LogP contribution in [0, 0.1) is 5.41 Å². The third kappa shape index (κ3) is 6.82. The van der Waals surface area contributed by atoms with Gasteiger partial charge in [0.05, 0.1) is 13.7 Å². The summed E-state index contributed by atoms with van der Waals surface area (Å²) in [6, 6.07) is 5.97. The highest BCUT2D eigenvalue weighted by Gasteiger charge is 2.13. The lowest BCUT2D eigenvalue weighted by atomic mass is 9.97. The normalized spacial score (nSPS) is 11.5. The lowest BCUT2D eigenvalue weighted by Gasteiger charge is -2.20. The van der Waals surface area contributed by atoms with Gasteiger partial charge in [-0.2, -0.15) is 0 Å². The van der Waals surface area contributed by atoms with Crippen molar-refractivity contribution in [2.24, 2.45) is 5.41 Å². The van der Waals surface area contributed by atoms with E-state index >= 15 is 0 Å². The van der Waals surface area contributed by atoms with Crippen LogP contribution < -0.4 is 14.8 Å². The number of benzene rings is 1. The molecule has 1 aromatic carbocycles. The van der Waals surface area contributed by atoms with Crippen molar-refractivity contribution in [1.29, 1.82) is 0 Å². The van der Waals surface area contributed by atoms with Gasteiger partial charge < -0.3 is 19.5 Å². The zero-order chi connectivity index (χ0) is 15.7. The van der Waals surface area contributed by atoms with Crippen LogP contribution >= 0.6 is 0 Å². The molecule has 0 bridgehead atoms. The van der Waals surface area contributed by atoms with E-state index in [1.165, 1.54) is 0 Å². The fraction of sp³-hybridized carbons (Fsp3) is 0.647. The minimum Gasteiger partial charge on any atom is -0.493 e. The standard InChI is InChI=1S/C17H29NO3/c1-6-20-10-11-21-16-14(8-7-9-15(16)19-5)12-18-13-17(2,3)4/h7-9,18H,6,10-13H2,1-5H3. The second-order valence-corrected chi connectivity index (χ2v) is 6.16. The highest BCUT2D eigenvalue weighted by molar-refractivity contribution is 5.46. The number of methoxy groups -OCH3 is 1. The van der Waals surface area contributed by atoms with E-state index in [0.717, 1.165) is 30.2 Å². The zero-order valence-electron chi connectivity index (χ0n) is 14.0. The average Bonchev–Trinajstić information content (AvgIpc) is 2.43. The van der Waals surface area contributed by atoms with Crippen molar-refractivity contribution in [1.82, 2.24) is 5.32 Å². The Kier molecular flexibility index (Phi) is 7.54. The fourth-order valence-corrected chi connectivity index (χ4v) is 1.94. The Labute approximate surface area is 128 Å². The van der Waals surface area contributed by atoms with Gasteiger partial charge in [0, 0.05) is 25.3 Å². The van der Waals surface area contributed by atoms with Gasteiger partial charge in [0.15, 0.2) is 11.5 Å². The van der Waals surface area contributed by atoms with Crippen LogP contribution in [0.3, 0.4) is 0 Å². The molecule has 0 atom stereocenters. The van der Waals surface area contributed by atoms with Gasteiger partial charge >= 0.3 is 0 Å². The quantitative estimate of drug-likeness (QED) is 0.710. The number of rotatable bonds is 9. The first kappa shape index (κ1) is 17.8. The van der Waals surface area contributed by atoms with Crippen LogP contribution in [-0.4, -0.2) is 33.5 Å². The van der Waals surface area contributed by atoms with Crippen LogP contribution in [0.25, 0.3) is 0 Å². The van der Waals surface area contributed by atoms with Gasteiger partial charge in [-0.3, -0.25) is 0 Å². The van der Waals surface area contributed by atoms with Crippen LogP contribution in [0.4, 0.5) is 0 Å². The number of hydrogen-bond acceptors (Lipinski definition) is 4. The summed E-state index contributed by atoms with van der Waals surface area (Å²) < 4.78 is 16.6. The molecule has 120 valence electrons. The van der Waals surface area contributed by atoms with E-state index in [1.54, 1.807) is 7.11 Å². The highest BCUT2D eigenvalue weighted by atomic mass is 16.5. The molecule has 21 heavy (non-hydrogen) atoms. The van der Waals surface area contributed by atoms with Crippen molar-refractivity contribution in [3.63, 3.8) is 0 Å². The predicted octanol–water partition coefficient (Wildman–Crippen LogP) is 3.25. The molecule has 0 unspecified atom stereocenters. The van der Waals surface area contributed by atoms with Gasteiger partial charge in [0.25, 0.3) is 0 Å². The minimum absolute atomic E-state index is 0.259. The zero-order valence-corrected chi connectivity index (χ0v) is 14.0. The molecule has 0 aliphatic carbocycles. The first-order chi connectivity index (χ1) is 9.98. The molecule has 4 nitrogen and oxygen atoms in total. The Morgan fingerprint density at radius 3 is 2.52 bits per heavy atom. The third-order valence-electron chi connectivity index (χ3n) is 2.93. The summed E-state index contributed by atoms with van der Waals surface area (Å²) in [5.41, 5.74) is 1.37. The van der Waals surface area contributed by atoms with Crippen molar-refractivity contribution >= 4 is 0 Å². The molecule has 0 saturated carbocycles. The molecule has 0 fully saturated rings.